The molecule has 1 heterocycles. The first kappa shape index (κ1) is 17.4. The molecular weight excluding hydrogens is 252 g/mol. The number of nitrogens with zero attached hydrogens (tertiary/aromatic N) is 1. The summed E-state index contributed by atoms with van der Waals surface area (Å²) in [4.78, 5) is 14.2. The van der Waals surface area contributed by atoms with Gasteiger partial charge in [-0.25, -0.2) is 0 Å². The van der Waals surface area contributed by atoms with E-state index in [1.165, 1.54) is 44.9 Å². The summed E-state index contributed by atoms with van der Waals surface area (Å²) < 4.78 is 5.16. The van der Waals surface area contributed by atoms with Gasteiger partial charge >= 0.3 is 5.97 Å². The molecule has 0 radical (unpaired) electrons. The van der Waals surface area contributed by atoms with E-state index >= 15 is 0 Å². The highest BCUT2D eigenvalue weighted by atomic mass is 16.5. The molecule has 0 bridgehead atoms. The molecule has 4 nitrogen and oxygen atoms in total. The summed E-state index contributed by atoms with van der Waals surface area (Å²) in [5.74, 6) is -0.0670. The zero-order valence-corrected chi connectivity index (χ0v) is 13.3. The van der Waals surface area contributed by atoms with Crippen LogP contribution in [0, 0.1) is 0 Å². The Morgan fingerprint density at radius 2 is 1.85 bits per heavy atom. The Labute approximate surface area is 124 Å². The minimum Gasteiger partial charge on any atom is -0.465 e. The topological polar surface area (TPSA) is 41.6 Å². The molecule has 0 amide bonds. The van der Waals surface area contributed by atoms with Crippen LogP contribution in [-0.2, 0) is 9.53 Å². The lowest BCUT2D eigenvalue weighted by atomic mass is 10.1. The lowest BCUT2D eigenvalue weighted by Gasteiger charge is -2.34. The maximum atomic E-state index is 11.9. The van der Waals surface area contributed by atoms with Crippen molar-refractivity contribution >= 4 is 5.97 Å². The molecule has 20 heavy (non-hydrogen) atoms. The molecule has 0 aromatic carbocycles. The minimum atomic E-state index is -0.0798. The van der Waals surface area contributed by atoms with Crippen molar-refractivity contribution in [2.75, 3.05) is 32.8 Å². The summed E-state index contributed by atoms with van der Waals surface area (Å²) in [7, 11) is 0. The quantitative estimate of drug-likeness (QED) is 0.494. The third kappa shape index (κ3) is 6.71. The van der Waals surface area contributed by atoms with Crippen LogP contribution in [0.4, 0.5) is 0 Å². The first-order valence-corrected chi connectivity index (χ1v) is 8.41. The average molecular weight is 284 g/mol. The fourth-order valence-corrected chi connectivity index (χ4v) is 2.76. The molecule has 0 aromatic heterocycles. The first-order valence-electron chi connectivity index (χ1n) is 8.41. The van der Waals surface area contributed by atoms with Gasteiger partial charge in [0.15, 0.2) is 0 Å². The first-order chi connectivity index (χ1) is 9.79. The number of carbonyl (C=O) groups is 1. The fraction of sp³-hybridized carbons (Fsp3) is 0.938. The zero-order valence-electron chi connectivity index (χ0n) is 13.3. The third-order valence-corrected chi connectivity index (χ3v) is 3.96. The van der Waals surface area contributed by atoms with Gasteiger partial charge in [0.05, 0.1) is 6.61 Å². The lowest BCUT2D eigenvalue weighted by Crippen LogP contribution is -2.55. The van der Waals surface area contributed by atoms with E-state index in [0.717, 1.165) is 26.2 Å². The van der Waals surface area contributed by atoms with Gasteiger partial charge in [0.1, 0.15) is 6.04 Å². The molecule has 0 saturated carbocycles. The smallest absolute Gasteiger partial charge is 0.324 e. The molecule has 1 fully saturated rings. The van der Waals surface area contributed by atoms with Crippen molar-refractivity contribution in [2.45, 2.75) is 64.8 Å². The minimum absolute atomic E-state index is 0.0670. The van der Waals surface area contributed by atoms with Crippen LogP contribution in [0.5, 0.6) is 0 Å². The van der Waals surface area contributed by atoms with Gasteiger partial charge in [-0.3, -0.25) is 9.69 Å². The molecule has 4 heteroatoms. The van der Waals surface area contributed by atoms with Gasteiger partial charge in [0.2, 0.25) is 0 Å². The normalized spacial score (nSPS) is 20.0. The molecule has 1 unspecified atom stereocenters. The van der Waals surface area contributed by atoms with Gasteiger partial charge in [0.25, 0.3) is 0 Å². The highest BCUT2D eigenvalue weighted by Gasteiger charge is 2.28. The number of hydrogen-bond donors (Lipinski definition) is 1. The summed E-state index contributed by atoms with van der Waals surface area (Å²) in [5, 5.41) is 3.29. The molecule has 118 valence electrons. The molecule has 1 saturated heterocycles. The number of ether oxygens (including phenoxy) is 1. The maximum absolute atomic E-state index is 11.9. The van der Waals surface area contributed by atoms with Crippen molar-refractivity contribution in [1.29, 1.82) is 0 Å². The molecule has 0 spiro atoms. The molecule has 1 aliphatic heterocycles. The second-order valence-corrected chi connectivity index (χ2v) is 5.63. The Morgan fingerprint density at radius 1 is 1.15 bits per heavy atom. The highest BCUT2D eigenvalue weighted by Crippen LogP contribution is 2.11. The van der Waals surface area contributed by atoms with E-state index in [4.69, 9.17) is 4.74 Å². The Morgan fingerprint density at radius 3 is 2.55 bits per heavy atom. The summed E-state index contributed by atoms with van der Waals surface area (Å²) in [6, 6.07) is -0.0798. The maximum Gasteiger partial charge on any atom is 0.324 e. The van der Waals surface area contributed by atoms with E-state index in [1.807, 2.05) is 6.92 Å². The van der Waals surface area contributed by atoms with E-state index in [-0.39, 0.29) is 12.0 Å². The molecule has 0 aromatic rings. The van der Waals surface area contributed by atoms with Crippen LogP contribution in [-0.4, -0.2) is 49.7 Å². The number of piperazine rings is 1. The van der Waals surface area contributed by atoms with Crippen LogP contribution in [0.25, 0.3) is 0 Å². The van der Waals surface area contributed by atoms with E-state index < -0.39 is 0 Å². The van der Waals surface area contributed by atoms with Crippen molar-refractivity contribution in [3.63, 3.8) is 0 Å². The summed E-state index contributed by atoms with van der Waals surface area (Å²) in [6.45, 7) is 8.29. The molecule has 0 aliphatic carbocycles. The van der Waals surface area contributed by atoms with Gasteiger partial charge in [-0.15, -0.1) is 0 Å². The Bertz CT molecular complexity index is 259. The van der Waals surface area contributed by atoms with Crippen LogP contribution >= 0.6 is 0 Å². The standard InChI is InChI=1S/C16H32N2O2/c1-3-5-6-7-8-9-10-12-18-13-11-17-14-15(18)16(19)20-4-2/h15,17H,3-14H2,1-2H3. The van der Waals surface area contributed by atoms with E-state index in [1.54, 1.807) is 0 Å². The highest BCUT2D eigenvalue weighted by molar-refractivity contribution is 5.76. The van der Waals surface area contributed by atoms with E-state index in [9.17, 15) is 4.79 Å². The predicted molar refractivity (Wildman–Crippen MR) is 82.9 cm³/mol. The van der Waals surface area contributed by atoms with Crippen molar-refractivity contribution in [3.05, 3.63) is 0 Å². The summed E-state index contributed by atoms with van der Waals surface area (Å²) >= 11 is 0. The number of nitrogens with one attached hydrogen (secondary N) is 1. The largest absolute Gasteiger partial charge is 0.465 e. The second-order valence-electron chi connectivity index (χ2n) is 5.63. The number of rotatable bonds is 10. The fourth-order valence-electron chi connectivity index (χ4n) is 2.76. The van der Waals surface area contributed by atoms with Crippen LogP contribution < -0.4 is 5.32 Å². The van der Waals surface area contributed by atoms with Gasteiger partial charge < -0.3 is 10.1 Å². The van der Waals surface area contributed by atoms with Gasteiger partial charge in [-0.2, -0.15) is 0 Å². The molecule has 1 aliphatic rings. The second kappa shape index (κ2) is 11.1. The summed E-state index contributed by atoms with van der Waals surface area (Å²) in [6.07, 6.45) is 9.21. The van der Waals surface area contributed by atoms with Crippen molar-refractivity contribution in [2.24, 2.45) is 0 Å². The lowest BCUT2D eigenvalue weighted by molar-refractivity contribution is -0.150. The van der Waals surface area contributed by atoms with Crippen LogP contribution in [0.1, 0.15) is 58.8 Å². The number of esters is 1. The van der Waals surface area contributed by atoms with Gasteiger partial charge in [-0.1, -0.05) is 45.4 Å². The number of unbranched alkanes of at least 4 members (excludes halogenated alkanes) is 6. The Hall–Kier alpha value is -0.610. The molecule has 1 N–H and O–H groups in total. The molecular formula is C16H32N2O2. The number of carbonyl (C=O) groups excluding carboxylic acids is 1. The third-order valence-electron chi connectivity index (χ3n) is 3.96. The monoisotopic (exact) mass is 284 g/mol. The van der Waals surface area contributed by atoms with E-state index in [0.29, 0.717) is 6.61 Å². The van der Waals surface area contributed by atoms with Crippen molar-refractivity contribution in [3.8, 4) is 0 Å². The van der Waals surface area contributed by atoms with Gasteiger partial charge in [0, 0.05) is 19.6 Å². The Kier molecular flexibility index (Phi) is 9.67. The molecule has 1 atom stereocenters. The van der Waals surface area contributed by atoms with Crippen molar-refractivity contribution in [1.82, 2.24) is 10.2 Å². The average Bonchev–Trinajstić information content (AvgIpc) is 2.47. The van der Waals surface area contributed by atoms with Crippen LogP contribution in [0.15, 0.2) is 0 Å². The van der Waals surface area contributed by atoms with Crippen LogP contribution in [0.3, 0.4) is 0 Å². The Balaban J connectivity index is 2.17. The predicted octanol–water partition coefficient (Wildman–Crippen LogP) is 2.57. The molecule has 1 rings (SSSR count). The van der Waals surface area contributed by atoms with Crippen LogP contribution in [0.2, 0.25) is 0 Å². The number of hydrogen-bond acceptors (Lipinski definition) is 4. The SMILES string of the molecule is CCCCCCCCCN1CCNCC1C(=O)OCC. The zero-order chi connectivity index (χ0) is 14.6. The summed E-state index contributed by atoms with van der Waals surface area (Å²) in [5.41, 5.74) is 0. The van der Waals surface area contributed by atoms with Gasteiger partial charge in [-0.05, 0) is 19.9 Å². The van der Waals surface area contributed by atoms with E-state index in [2.05, 4.69) is 17.1 Å². The van der Waals surface area contributed by atoms with Crippen molar-refractivity contribution < 1.29 is 9.53 Å².